The summed E-state index contributed by atoms with van der Waals surface area (Å²) >= 11 is 2.22. The average molecular weight is 726 g/mol. The third-order valence-corrected chi connectivity index (χ3v) is 10.5. The Balaban J connectivity index is 0.00000144. The Hall–Kier alpha value is -3.27. The minimum absolute atomic E-state index is 0. The number of benzene rings is 6. The monoisotopic (exact) mass is 724 g/mol. The molecule has 0 aliphatic carbocycles. The van der Waals surface area contributed by atoms with Gasteiger partial charge in [0.05, 0.1) is 0 Å². The van der Waals surface area contributed by atoms with Gasteiger partial charge in [-0.3, -0.25) is 0 Å². The second kappa shape index (κ2) is 17.9. The maximum atomic E-state index is 6.88. The van der Waals surface area contributed by atoms with Crippen molar-refractivity contribution in [3.05, 3.63) is 188 Å². The first-order valence-corrected chi connectivity index (χ1v) is 18.3. The van der Waals surface area contributed by atoms with Gasteiger partial charge in [0, 0.05) is 27.6 Å². The van der Waals surface area contributed by atoms with E-state index in [1.165, 1.54) is 21.2 Å². The molecule has 44 heavy (non-hydrogen) atoms. The number of para-hydroxylation sites is 2. The molecule has 2 nitrogen and oxygen atoms in total. The van der Waals surface area contributed by atoms with Crippen molar-refractivity contribution in [2.45, 2.75) is 6.42 Å². The third-order valence-electron chi connectivity index (χ3n) is 6.67. The summed E-state index contributed by atoms with van der Waals surface area (Å²) in [4.78, 5) is 0. The van der Waals surface area contributed by atoms with Gasteiger partial charge in [-0.05, 0) is 23.3 Å². The smallest absolute Gasteiger partial charge is 0.150 e. The summed E-state index contributed by atoms with van der Waals surface area (Å²) in [7, 11) is 2.43. The normalized spacial score (nSPS) is 10.4. The molecule has 6 rings (SSSR count). The number of hydrogen-bond acceptors (Lipinski definition) is 2. The van der Waals surface area contributed by atoms with Crippen LogP contribution in [0.3, 0.4) is 0 Å². The van der Waals surface area contributed by atoms with E-state index < -0.39 is 16.3 Å². The Kier molecular flexibility index (Phi) is 13.7. The standard InChI is InChI=1S/C37H30O2P2.CH3.ClH.Pd/c1-5-19-32(20-6-1)40(33-21-7-2-8-22-33)38-36-27-15-13-17-30(36)29-31-18-14-16-28-37(31)39-41(34-23-9-3-10-24-34)35-25-11-4-12-26-35;;;/h1-28H,29H2;1H3;1H;/q;-1;;+2/p-1. The van der Waals surface area contributed by atoms with Gasteiger partial charge in [0.15, 0.2) is 16.3 Å². The molecule has 0 fully saturated rings. The zero-order chi connectivity index (χ0) is 29.7. The quantitative estimate of drug-likeness (QED) is 0.0797. The van der Waals surface area contributed by atoms with E-state index in [0.717, 1.165) is 22.6 Å². The van der Waals surface area contributed by atoms with Crippen LogP contribution in [0.15, 0.2) is 170 Å². The zero-order valence-electron chi connectivity index (χ0n) is 24.3. The van der Waals surface area contributed by atoms with Crippen LogP contribution in [0.4, 0.5) is 0 Å². The molecule has 6 aromatic rings. The Labute approximate surface area is 279 Å². The predicted molar refractivity (Wildman–Crippen MR) is 187 cm³/mol. The molecule has 6 aromatic carbocycles. The SMILES string of the molecule is [CH3-].[Cl][Pd+].c1ccc(P(Oc2ccccc2Cc2ccccc2OP(c2ccccc2)c2ccccc2)c2ccccc2)cc1. The van der Waals surface area contributed by atoms with Crippen LogP contribution in [-0.4, -0.2) is 0 Å². The van der Waals surface area contributed by atoms with Gasteiger partial charge in [-0.1, -0.05) is 158 Å². The van der Waals surface area contributed by atoms with E-state index in [9.17, 15) is 0 Å². The van der Waals surface area contributed by atoms with Crippen LogP contribution in [0, 0.1) is 7.43 Å². The number of hydrogen-bond donors (Lipinski definition) is 0. The molecule has 0 radical (unpaired) electrons. The van der Waals surface area contributed by atoms with E-state index in [1.807, 2.05) is 24.3 Å². The Bertz CT molecular complexity index is 1470. The van der Waals surface area contributed by atoms with E-state index in [0.29, 0.717) is 6.42 Å². The van der Waals surface area contributed by atoms with Gasteiger partial charge in [-0.15, -0.1) is 0 Å². The minimum atomic E-state index is -1.03. The maximum absolute atomic E-state index is 6.88. The first kappa shape index (κ1) is 33.6. The molecule has 0 aromatic heterocycles. The molecular formula is C38H33ClO2P2Pd. The van der Waals surface area contributed by atoms with Crippen molar-refractivity contribution in [1.82, 2.24) is 0 Å². The van der Waals surface area contributed by atoms with Crippen LogP contribution in [0.2, 0.25) is 0 Å². The molecule has 224 valence electrons. The third kappa shape index (κ3) is 8.90. The van der Waals surface area contributed by atoms with Crippen LogP contribution in [0.1, 0.15) is 11.1 Å². The van der Waals surface area contributed by atoms with Crippen molar-refractivity contribution in [1.29, 1.82) is 0 Å². The summed E-state index contributed by atoms with van der Waals surface area (Å²) in [5, 5.41) is 4.74. The van der Waals surface area contributed by atoms with Gasteiger partial charge in [0.1, 0.15) is 11.5 Å². The van der Waals surface area contributed by atoms with Gasteiger partial charge in [-0.25, -0.2) is 0 Å². The summed E-state index contributed by atoms with van der Waals surface area (Å²) < 4.78 is 13.8. The molecule has 0 aliphatic heterocycles. The molecule has 0 bridgehead atoms. The van der Waals surface area contributed by atoms with Gasteiger partial charge in [0.25, 0.3) is 0 Å². The van der Waals surface area contributed by atoms with E-state index in [2.05, 4.69) is 173 Å². The minimum Gasteiger partial charge on any atom is -0.464 e. The van der Waals surface area contributed by atoms with Crippen molar-refractivity contribution in [2.24, 2.45) is 0 Å². The van der Waals surface area contributed by atoms with Gasteiger partial charge < -0.3 is 16.5 Å². The summed E-state index contributed by atoms with van der Waals surface area (Å²) in [6.45, 7) is 0. The van der Waals surface area contributed by atoms with Gasteiger partial charge in [-0.2, -0.15) is 0 Å². The molecule has 6 heteroatoms. The molecule has 0 spiro atoms. The maximum Gasteiger partial charge on any atom is 0.150 e. The summed E-state index contributed by atoms with van der Waals surface area (Å²) in [6, 6.07) is 58.8. The Morgan fingerprint density at radius 1 is 0.386 bits per heavy atom. The van der Waals surface area contributed by atoms with Crippen LogP contribution in [-0.2, 0) is 24.6 Å². The summed E-state index contributed by atoms with van der Waals surface area (Å²) in [6.07, 6.45) is 0.700. The van der Waals surface area contributed by atoms with Crippen LogP contribution < -0.4 is 30.3 Å². The van der Waals surface area contributed by atoms with Crippen LogP contribution in [0.5, 0.6) is 11.5 Å². The van der Waals surface area contributed by atoms with E-state index in [4.69, 9.17) is 9.05 Å². The topological polar surface area (TPSA) is 18.5 Å². The van der Waals surface area contributed by atoms with Gasteiger partial charge in [0.2, 0.25) is 0 Å². The average Bonchev–Trinajstić information content (AvgIpc) is 3.10. The van der Waals surface area contributed by atoms with Crippen molar-refractivity contribution in [3.8, 4) is 11.5 Å². The van der Waals surface area contributed by atoms with E-state index in [-0.39, 0.29) is 7.43 Å². The Morgan fingerprint density at radius 3 is 0.932 bits per heavy atom. The van der Waals surface area contributed by atoms with Gasteiger partial charge >= 0.3 is 27.7 Å². The zero-order valence-corrected chi connectivity index (χ0v) is 28.4. The van der Waals surface area contributed by atoms with Crippen molar-refractivity contribution in [3.63, 3.8) is 0 Å². The van der Waals surface area contributed by atoms with Crippen LogP contribution >= 0.6 is 25.8 Å². The molecule has 0 unspecified atom stereocenters. The summed E-state index contributed by atoms with van der Waals surface area (Å²) in [5.41, 5.74) is 2.26. The summed E-state index contributed by atoms with van der Waals surface area (Å²) in [5.74, 6) is 1.80. The van der Waals surface area contributed by atoms with E-state index >= 15 is 0 Å². The second-order valence-electron chi connectivity index (χ2n) is 9.51. The fourth-order valence-corrected chi connectivity index (χ4v) is 8.18. The fraction of sp³-hybridized carbons (Fsp3) is 0.0263. The van der Waals surface area contributed by atoms with Crippen LogP contribution in [0.25, 0.3) is 0 Å². The van der Waals surface area contributed by atoms with E-state index in [1.54, 1.807) is 0 Å². The molecule has 0 aliphatic rings. The number of rotatable bonds is 10. The fourth-order valence-electron chi connectivity index (χ4n) is 4.64. The molecule has 0 saturated heterocycles. The molecule has 0 amide bonds. The van der Waals surface area contributed by atoms with Crippen molar-refractivity contribution in [2.75, 3.05) is 0 Å². The second-order valence-corrected chi connectivity index (χ2v) is 13.1. The first-order valence-electron chi connectivity index (χ1n) is 13.8. The molecule has 0 heterocycles. The van der Waals surface area contributed by atoms with Crippen molar-refractivity contribution < 1.29 is 27.2 Å². The molecule has 0 saturated carbocycles. The largest absolute Gasteiger partial charge is 0.464 e. The number of halogens is 1. The first-order chi connectivity index (χ1) is 21.3. The predicted octanol–water partition coefficient (Wildman–Crippen LogP) is 9.27. The Morgan fingerprint density at radius 2 is 0.636 bits per heavy atom. The molecule has 0 N–H and O–H groups in total. The van der Waals surface area contributed by atoms with Crippen molar-refractivity contribution >= 4 is 47.0 Å². The molecule has 0 atom stereocenters. The molecular weight excluding hydrogens is 692 g/mol.